The Morgan fingerprint density at radius 1 is 1.04 bits per heavy atom. The van der Waals surface area contributed by atoms with E-state index in [9.17, 15) is 29.6 Å². The molecule has 0 spiro atoms. The van der Waals surface area contributed by atoms with Gasteiger partial charge in [0.1, 0.15) is 18.0 Å². The highest BCUT2D eigenvalue weighted by atomic mass is 16.7. The summed E-state index contributed by atoms with van der Waals surface area (Å²) in [5, 5.41) is 23.0. The molecule has 4 aliphatic carbocycles. The van der Waals surface area contributed by atoms with E-state index in [2.05, 4.69) is 20.8 Å². The Morgan fingerprint density at radius 2 is 1.76 bits per heavy atom. The van der Waals surface area contributed by atoms with E-state index in [1.165, 1.54) is 38.3 Å². The average molecular weight is 630 g/mol. The molecule has 0 amide bonds. The molecule has 0 aromatic heterocycles. The number of carbonyl (C=O) groups is 3. The van der Waals surface area contributed by atoms with Crippen molar-refractivity contribution in [3.63, 3.8) is 0 Å². The molecule has 5 rings (SSSR count). The van der Waals surface area contributed by atoms with Gasteiger partial charge in [-0.05, 0) is 104 Å². The summed E-state index contributed by atoms with van der Waals surface area (Å²) in [6.07, 6.45) is 4.18. The summed E-state index contributed by atoms with van der Waals surface area (Å²) in [4.78, 5) is 47.5. The van der Waals surface area contributed by atoms with Crippen molar-refractivity contribution in [1.82, 2.24) is 0 Å². The highest BCUT2D eigenvalue weighted by molar-refractivity contribution is 5.69. The molecule has 11 atom stereocenters. The van der Waals surface area contributed by atoms with Crippen molar-refractivity contribution in [1.29, 1.82) is 0 Å². The number of aliphatic hydroxyl groups excluding tert-OH is 1. The molecule has 45 heavy (non-hydrogen) atoms. The van der Waals surface area contributed by atoms with Crippen LogP contribution in [0, 0.1) is 56.5 Å². The van der Waals surface area contributed by atoms with Gasteiger partial charge in [0.2, 0.25) is 0 Å². The van der Waals surface area contributed by atoms with Crippen molar-refractivity contribution in [2.45, 2.75) is 104 Å². The maximum absolute atomic E-state index is 13.3. The maximum atomic E-state index is 13.3. The van der Waals surface area contributed by atoms with Crippen molar-refractivity contribution in [2.24, 2.45) is 46.3 Å². The first-order chi connectivity index (χ1) is 21.3. The number of nitro groups is 1. The van der Waals surface area contributed by atoms with Crippen molar-refractivity contribution in [3.05, 3.63) is 34.4 Å². The second-order valence-corrected chi connectivity index (χ2v) is 14.4. The molecule has 0 aliphatic heterocycles. The number of non-ortho nitro benzene ring substituents is 1. The largest absolute Gasteiger partial charge is 0.514 e. The average Bonchev–Trinajstić information content (AvgIpc) is 3.35. The van der Waals surface area contributed by atoms with Gasteiger partial charge in [-0.2, -0.15) is 0 Å². The molecule has 248 valence electrons. The maximum Gasteiger partial charge on any atom is 0.514 e. The number of nitro benzene ring substituents is 1. The predicted molar refractivity (Wildman–Crippen MR) is 162 cm³/mol. The highest BCUT2D eigenvalue weighted by Gasteiger charge is 2.66. The number of benzene rings is 1. The van der Waals surface area contributed by atoms with Crippen LogP contribution in [0.3, 0.4) is 0 Å². The first-order valence-corrected chi connectivity index (χ1v) is 16.3. The van der Waals surface area contributed by atoms with Gasteiger partial charge in [-0.1, -0.05) is 20.8 Å². The number of rotatable bonds is 8. The van der Waals surface area contributed by atoms with Crippen LogP contribution in [-0.2, 0) is 23.8 Å². The zero-order chi connectivity index (χ0) is 32.7. The third kappa shape index (κ3) is 6.29. The van der Waals surface area contributed by atoms with Crippen LogP contribution >= 0.6 is 0 Å². The first kappa shape index (κ1) is 33.2. The minimum atomic E-state index is -0.864. The van der Waals surface area contributed by atoms with Crippen molar-refractivity contribution < 1.29 is 43.4 Å². The second kappa shape index (κ2) is 12.9. The second-order valence-electron chi connectivity index (χ2n) is 14.4. The van der Waals surface area contributed by atoms with Crippen LogP contribution in [0.1, 0.15) is 85.5 Å². The lowest BCUT2D eigenvalue weighted by Gasteiger charge is -2.63. The number of fused-ring (bicyclic) bond motifs is 5. The van der Waals surface area contributed by atoms with Crippen molar-refractivity contribution >= 4 is 23.8 Å². The topological polar surface area (TPSA) is 152 Å². The Kier molecular flexibility index (Phi) is 9.50. The zero-order valence-electron chi connectivity index (χ0n) is 26.9. The first-order valence-electron chi connectivity index (χ1n) is 16.3. The number of methoxy groups -OCH3 is 1. The quantitative estimate of drug-likeness (QED) is 0.115. The van der Waals surface area contributed by atoms with Gasteiger partial charge in [-0.15, -0.1) is 0 Å². The standard InChI is InChI=1S/C34H47NO10/c1-19(6-13-30(38)42-5)25-11-12-26-31-27(18-29(37)34(25,26)4)33(3)15-14-24(43-20(2)36)16-21(33)17-28(31)45-32(39)44-23-9-7-22(8-10-23)35(40)41/h7-10,19,21,24-29,31,37H,6,11-18H2,1-5H3/t19-,21+,24-,25-,26+,27+,28-,29+,31+,33+,34-/m1/s1. The molecular formula is C34H47NO10. The molecule has 0 radical (unpaired) electrons. The van der Waals surface area contributed by atoms with Crippen LogP contribution in [0.2, 0.25) is 0 Å². The third-order valence-corrected chi connectivity index (χ3v) is 12.3. The fourth-order valence-corrected chi connectivity index (χ4v) is 10.1. The number of hydrogen-bond donors (Lipinski definition) is 1. The summed E-state index contributed by atoms with van der Waals surface area (Å²) >= 11 is 0. The fraction of sp³-hybridized carbons (Fsp3) is 0.735. The molecular weight excluding hydrogens is 582 g/mol. The summed E-state index contributed by atoms with van der Waals surface area (Å²) in [5.41, 5.74) is -0.652. The molecule has 0 heterocycles. The van der Waals surface area contributed by atoms with Crippen molar-refractivity contribution in [2.75, 3.05) is 7.11 Å². The van der Waals surface area contributed by atoms with E-state index >= 15 is 0 Å². The Hall–Kier alpha value is -3.21. The monoisotopic (exact) mass is 629 g/mol. The van der Waals surface area contributed by atoms with Gasteiger partial charge in [-0.25, -0.2) is 4.79 Å². The minimum absolute atomic E-state index is 0.00727. The molecule has 0 unspecified atom stereocenters. The minimum Gasteiger partial charge on any atom is -0.469 e. The zero-order valence-corrected chi connectivity index (χ0v) is 26.9. The van der Waals surface area contributed by atoms with E-state index in [1.54, 1.807) is 0 Å². The number of aliphatic hydroxyl groups is 1. The van der Waals surface area contributed by atoms with Crippen LogP contribution in [0.4, 0.5) is 10.5 Å². The molecule has 1 aromatic carbocycles. The van der Waals surface area contributed by atoms with Crippen LogP contribution in [0.15, 0.2) is 24.3 Å². The van der Waals surface area contributed by atoms with Crippen LogP contribution in [-0.4, -0.2) is 53.5 Å². The Labute approximate surface area is 264 Å². The Balaban J connectivity index is 1.42. The predicted octanol–water partition coefficient (Wildman–Crippen LogP) is 6.24. The summed E-state index contributed by atoms with van der Waals surface area (Å²) < 4.78 is 22.2. The molecule has 0 bridgehead atoms. The fourth-order valence-electron chi connectivity index (χ4n) is 10.1. The van der Waals surface area contributed by atoms with E-state index in [-0.39, 0.29) is 70.4 Å². The van der Waals surface area contributed by atoms with Gasteiger partial charge in [0.15, 0.2) is 0 Å². The van der Waals surface area contributed by atoms with Gasteiger partial charge in [-0.3, -0.25) is 19.7 Å². The number of carbonyl (C=O) groups excluding carboxylic acids is 3. The van der Waals surface area contributed by atoms with Gasteiger partial charge in [0.05, 0.1) is 18.1 Å². The normalized spacial score (nSPS) is 37.6. The van der Waals surface area contributed by atoms with E-state index in [0.717, 1.165) is 25.7 Å². The molecule has 0 saturated heterocycles. The van der Waals surface area contributed by atoms with E-state index in [4.69, 9.17) is 18.9 Å². The lowest BCUT2D eigenvalue weighted by atomic mass is 9.43. The van der Waals surface area contributed by atoms with E-state index < -0.39 is 28.7 Å². The molecule has 1 N–H and O–H groups in total. The lowest BCUT2D eigenvalue weighted by molar-refractivity contribution is -0.384. The van der Waals surface area contributed by atoms with E-state index in [0.29, 0.717) is 32.1 Å². The van der Waals surface area contributed by atoms with Crippen LogP contribution in [0.25, 0.3) is 0 Å². The molecule has 11 heteroatoms. The number of esters is 2. The number of ether oxygens (including phenoxy) is 4. The summed E-state index contributed by atoms with van der Waals surface area (Å²) in [6.45, 7) is 8.06. The van der Waals surface area contributed by atoms with Gasteiger partial charge in [0, 0.05) is 31.4 Å². The lowest BCUT2D eigenvalue weighted by Crippen LogP contribution is -2.63. The number of hydrogen-bond acceptors (Lipinski definition) is 10. The Morgan fingerprint density at radius 3 is 2.40 bits per heavy atom. The molecule has 4 aliphatic rings. The highest BCUT2D eigenvalue weighted by Crippen LogP contribution is 2.69. The summed E-state index contributed by atoms with van der Waals surface area (Å²) in [6, 6.07) is 5.29. The smallest absolute Gasteiger partial charge is 0.469 e. The summed E-state index contributed by atoms with van der Waals surface area (Å²) in [7, 11) is 1.40. The van der Waals surface area contributed by atoms with Gasteiger partial charge < -0.3 is 24.1 Å². The third-order valence-electron chi connectivity index (χ3n) is 12.3. The summed E-state index contributed by atoms with van der Waals surface area (Å²) in [5.74, 6) is 0.291. The van der Waals surface area contributed by atoms with Crippen molar-refractivity contribution in [3.8, 4) is 5.75 Å². The van der Waals surface area contributed by atoms with Gasteiger partial charge >= 0.3 is 18.1 Å². The molecule has 4 fully saturated rings. The molecule has 1 aromatic rings. The molecule has 4 saturated carbocycles. The van der Waals surface area contributed by atoms with Crippen LogP contribution < -0.4 is 4.74 Å². The molecule has 11 nitrogen and oxygen atoms in total. The number of nitrogens with zero attached hydrogens (tertiary/aromatic N) is 1. The van der Waals surface area contributed by atoms with E-state index in [1.807, 2.05) is 0 Å². The Bertz CT molecular complexity index is 1280. The van der Waals surface area contributed by atoms with Crippen LogP contribution in [0.5, 0.6) is 5.75 Å². The SMILES string of the molecule is COC(=O)CC[C@@H](C)[C@H]1CC[C@H]2[C@@H]3[C@H](OC(=O)Oc4ccc([N+](=O)[O-])cc4)C[C@@H]4C[C@H](OC(C)=O)CC[C@]4(C)[C@H]3C[C@H](O)[C@]12C. The van der Waals surface area contributed by atoms with Gasteiger partial charge in [0.25, 0.3) is 5.69 Å².